The summed E-state index contributed by atoms with van der Waals surface area (Å²) in [6.07, 6.45) is 2.44. The van der Waals surface area contributed by atoms with Crippen LogP contribution in [0.15, 0.2) is 22.7 Å². The fraction of sp³-hybridized carbons (Fsp3) is 0.476. The summed E-state index contributed by atoms with van der Waals surface area (Å²) < 4.78 is 11.3. The lowest BCUT2D eigenvalue weighted by Gasteiger charge is -2.33. The van der Waals surface area contributed by atoms with E-state index in [0.717, 1.165) is 28.2 Å². The maximum atomic E-state index is 12.9. The van der Waals surface area contributed by atoms with Gasteiger partial charge in [-0.1, -0.05) is 28.4 Å². The summed E-state index contributed by atoms with van der Waals surface area (Å²) in [5.74, 6) is -1.11. The standard InChI is InChI=1S/C21H24BrNO5/c1-3-27-19(25)18-15(14-9-8-13(22)11-16(14)23-18)12-21(20(26)28-4-2)10-6-5-7-17(21)24/h8-9,11,23H,3-7,10,12H2,1-2H3. The van der Waals surface area contributed by atoms with Crippen LogP contribution in [-0.4, -0.2) is 35.9 Å². The number of hydrogen-bond donors (Lipinski definition) is 1. The molecule has 7 heteroatoms. The molecule has 3 rings (SSSR count). The van der Waals surface area contributed by atoms with Gasteiger partial charge in [0.1, 0.15) is 11.1 Å². The number of ketones is 1. The molecule has 1 heterocycles. The second-order valence-corrected chi connectivity index (χ2v) is 7.91. The maximum absolute atomic E-state index is 12.9. The molecule has 1 aliphatic rings. The van der Waals surface area contributed by atoms with Crippen LogP contribution in [0.3, 0.4) is 0 Å². The molecule has 0 saturated heterocycles. The summed E-state index contributed by atoms with van der Waals surface area (Å²) in [5, 5.41) is 0.799. The molecule has 0 amide bonds. The number of Topliss-reactive ketones (excluding diaryl/α,β-unsaturated/α-hetero) is 1. The molecular weight excluding hydrogens is 426 g/mol. The molecule has 1 aromatic heterocycles. The van der Waals surface area contributed by atoms with Crippen molar-refractivity contribution >= 4 is 44.6 Å². The lowest BCUT2D eigenvalue weighted by molar-refractivity contribution is -0.162. The number of esters is 2. The van der Waals surface area contributed by atoms with Crippen molar-refractivity contribution in [3.8, 4) is 0 Å². The maximum Gasteiger partial charge on any atom is 0.355 e. The smallest absolute Gasteiger partial charge is 0.355 e. The second kappa shape index (κ2) is 8.47. The predicted molar refractivity (Wildman–Crippen MR) is 108 cm³/mol. The first-order chi connectivity index (χ1) is 13.4. The van der Waals surface area contributed by atoms with Gasteiger partial charge < -0.3 is 14.5 Å². The van der Waals surface area contributed by atoms with E-state index in [1.807, 2.05) is 18.2 Å². The summed E-state index contributed by atoms with van der Waals surface area (Å²) in [4.78, 5) is 41.5. The molecule has 2 aromatic rings. The van der Waals surface area contributed by atoms with Crippen molar-refractivity contribution < 1.29 is 23.9 Å². The molecule has 150 valence electrons. The molecule has 1 N–H and O–H groups in total. The van der Waals surface area contributed by atoms with Crippen molar-refractivity contribution in [2.75, 3.05) is 13.2 Å². The summed E-state index contributed by atoms with van der Waals surface area (Å²) in [6.45, 7) is 3.91. The lowest BCUT2D eigenvalue weighted by Crippen LogP contribution is -2.45. The zero-order valence-corrected chi connectivity index (χ0v) is 17.7. The number of carbonyl (C=O) groups is 3. The Balaban J connectivity index is 2.14. The average Bonchev–Trinajstić information content (AvgIpc) is 3.01. The van der Waals surface area contributed by atoms with Gasteiger partial charge in [-0.2, -0.15) is 0 Å². The van der Waals surface area contributed by atoms with Gasteiger partial charge in [0.05, 0.1) is 13.2 Å². The number of aromatic amines is 1. The number of H-pyrrole nitrogens is 1. The molecule has 0 radical (unpaired) electrons. The summed E-state index contributed by atoms with van der Waals surface area (Å²) in [6, 6.07) is 5.61. The number of hydrogen-bond acceptors (Lipinski definition) is 5. The Kier molecular flexibility index (Phi) is 6.23. The molecule has 1 unspecified atom stereocenters. The summed E-state index contributed by atoms with van der Waals surface area (Å²) in [5.41, 5.74) is 0.411. The molecule has 1 aliphatic carbocycles. The summed E-state index contributed by atoms with van der Waals surface area (Å²) >= 11 is 3.43. The van der Waals surface area contributed by atoms with E-state index in [1.165, 1.54) is 0 Å². The van der Waals surface area contributed by atoms with Crippen molar-refractivity contribution in [3.63, 3.8) is 0 Å². The number of ether oxygens (including phenoxy) is 2. The third kappa shape index (κ3) is 3.72. The highest BCUT2D eigenvalue weighted by atomic mass is 79.9. The van der Waals surface area contributed by atoms with Gasteiger partial charge in [0.25, 0.3) is 0 Å². The van der Waals surface area contributed by atoms with E-state index in [-0.39, 0.29) is 31.1 Å². The van der Waals surface area contributed by atoms with E-state index in [0.29, 0.717) is 18.4 Å². The Hall–Kier alpha value is -2.15. The van der Waals surface area contributed by atoms with Crippen LogP contribution < -0.4 is 0 Å². The van der Waals surface area contributed by atoms with E-state index < -0.39 is 17.4 Å². The first-order valence-electron chi connectivity index (χ1n) is 9.60. The topological polar surface area (TPSA) is 85.5 Å². The molecule has 0 aliphatic heterocycles. The van der Waals surface area contributed by atoms with E-state index in [2.05, 4.69) is 20.9 Å². The average molecular weight is 450 g/mol. The van der Waals surface area contributed by atoms with Crippen LogP contribution in [0.2, 0.25) is 0 Å². The monoisotopic (exact) mass is 449 g/mol. The van der Waals surface area contributed by atoms with Gasteiger partial charge in [-0.3, -0.25) is 9.59 Å². The van der Waals surface area contributed by atoms with Gasteiger partial charge in [-0.25, -0.2) is 4.79 Å². The number of fused-ring (bicyclic) bond motifs is 1. The normalized spacial score (nSPS) is 19.6. The number of rotatable bonds is 6. The summed E-state index contributed by atoms with van der Waals surface area (Å²) in [7, 11) is 0. The van der Waals surface area contributed by atoms with Crippen LogP contribution in [0.25, 0.3) is 10.9 Å². The number of benzene rings is 1. The Bertz CT molecular complexity index is 919. The highest BCUT2D eigenvalue weighted by Crippen LogP contribution is 2.40. The quantitative estimate of drug-likeness (QED) is 0.523. The van der Waals surface area contributed by atoms with Crippen molar-refractivity contribution in [1.29, 1.82) is 0 Å². The Morgan fingerprint density at radius 1 is 1.18 bits per heavy atom. The van der Waals surface area contributed by atoms with Gasteiger partial charge in [0, 0.05) is 21.8 Å². The highest BCUT2D eigenvalue weighted by Gasteiger charge is 2.49. The van der Waals surface area contributed by atoms with Gasteiger partial charge >= 0.3 is 11.9 Å². The number of halogens is 1. The van der Waals surface area contributed by atoms with Gasteiger partial charge in [0.15, 0.2) is 5.78 Å². The number of nitrogens with one attached hydrogen (secondary N) is 1. The van der Waals surface area contributed by atoms with Crippen molar-refractivity contribution in [1.82, 2.24) is 4.98 Å². The van der Waals surface area contributed by atoms with Crippen molar-refractivity contribution in [2.45, 2.75) is 46.0 Å². The number of carbonyl (C=O) groups excluding carboxylic acids is 3. The molecule has 1 fully saturated rings. The van der Waals surface area contributed by atoms with Crippen LogP contribution >= 0.6 is 15.9 Å². The first-order valence-corrected chi connectivity index (χ1v) is 10.4. The Morgan fingerprint density at radius 3 is 2.61 bits per heavy atom. The molecule has 0 bridgehead atoms. The molecule has 1 aromatic carbocycles. The first kappa shape index (κ1) is 20.6. The Morgan fingerprint density at radius 2 is 1.93 bits per heavy atom. The minimum absolute atomic E-state index is 0.113. The SMILES string of the molecule is CCOC(=O)c1[nH]c2cc(Br)ccc2c1CC1(C(=O)OCC)CCCCC1=O. The third-order valence-corrected chi connectivity index (χ3v) is 5.78. The number of aromatic nitrogens is 1. The highest BCUT2D eigenvalue weighted by molar-refractivity contribution is 9.10. The zero-order chi connectivity index (χ0) is 20.3. The molecule has 1 saturated carbocycles. The predicted octanol–water partition coefficient (Wildman–Crippen LogP) is 4.34. The van der Waals surface area contributed by atoms with Crippen LogP contribution in [-0.2, 0) is 25.5 Å². The van der Waals surface area contributed by atoms with Gasteiger partial charge in [0.2, 0.25) is 0 Å². The molecular formula is C21H24BrNO5. The fourth-order valence-electron chi connectivity index (χ4n) is 3.93. The Labute approximate surface area is 172 Å². The minimum atomic E-state index is -1.25. The van der Waals surface area contributed by atoms with Crippen LogP contribution in [0, 0.1) is 5.41 Å². The molecule has 0 spiro atoms. The van der Waals surface area contributed by atoms with Crippen LogP contribution in [0.1, 0.15) is 55.6 Å². The molecule has 6 nitrogen and oxygen atoms in total. The van der Waals surface area contributed by atoms with Crippen LogP contribution in [0.5, 0.6) is 0 Å². The molecule has 28 heavy (non-hydrogen) atoms. The van der Waals surface area contributed by atoms with Gasteiger partial charge in [-0.15, -0.1) is 0 Å². The zero-order valence-electron chi connectivity index (χ0n) is 16.1. The van der Waals surface area contributed by atoms with Gasteiger partial charge in [-0.05, 0) is 50.8 Å². The fourth-order valence-corrected chi connectivity index (χ4v) is 4.29. The van der Waals surface area contributed by atoms with E-state index in [9.17, 15) is 14.4 Å². The van der Waals surface area contributed by atoms with E-state index in [1.54, 1.807) is 13.8 Å². The second-order valence-electron chi connectivity index (χ2n) is 7.00. The van der Waals surface area contributed by atoms with Crippen molar-refractivity contribution in [2.24, 2.45) is 5.41 Å². The third-order valence-electron chi connectivity index (χ3n) is 5.28. The largest absolute Gasteiger partial charge is 0.465 e. The molecule has 1 atom stereocenters. The van der Waals surface area contributed by atoms with Crippen LogP contribution in [0.4, 0.5) is 0 Å². The van der Waals surface area contributed by atoms with Crippen molar-refractivity contribution in [3.05, 3.63) is 33.9 Å². The minimum Gasteiger partial charge on any atom is -0.465 e. The lowest BCUT2D eigenvalue weighted by atomic mass is 9.69. The van der Waals surface area contributed by atoms with E-state index in [4.69, 9.17) is 9.47 Å². The van der Waals surface area contributed by atoms with E-state index >= 15 is 0 Å².